The van der Waals surface area contributed by atoms with E-state index < -0.39 is 17.9 Å². The smallest absolute Gasteiger partial charge is 0.543 e. The fraction of sp³-hybridized carbons (Fsp3) is 0. The Morgan fingerprint density at radius 3 is 0.900 bits per heavy atom. The van der Waals surface area contributed by atoms with Crippen LogP contribution >= 0.6 is 0 Å². The summed E-state index contributed by atoms with van der Waals surface area (Å²) in [5, 5.41) is 42.1. The van der Waals surface area contributed by atoms with Gasteiger partial charge < -0.3 is 29.7 Å². The summed E-state index contributed by atoms with van der Waals surface area (Å²) in [5.41, 5.74) is -0.0903. The quantitative estimate of drug-likeness (QED) is 0.341. The van der Waals surface area contributed by atoms with Crippen molar-refractivity contribution in [1.29, 1.82) is 0 Å². The summed E-state index contributed by atoms with van der Waals surface area (Å²) in [6.07, 6.45) is 4.22. The number of carbonyl (C=O) groups excluding carboxylic acids is 3. The number of carbonyl (C=O) groups is 3. The fourth-order valence-corrected chi connectivity index (χ4v) is 1.45. The molecular weight excluding hydrogens is 438 g/mol. The maximum Gasteiger partial charge on any atom is 3.00 e. The number of carboxylic acid groups (broad SMARTS) is 3. The van der Waals surface area contributed by atoms with Gasteiger partial charge in [-0.3, -0.25) is 25.5 Å². The number of carboxylic acids is 3. The van der Waals surface area contributed by atoms with Crippen molar-refractivity contribution in [1.82, 2.24) is 15.0 Å². The second-order valence-corrected chi connectivity index (χ2v) is 4.51. The van der Waals surface area contributed by atoms with E-state index in [0.717, 1.165) is 0 Å². The van der Waals surface area contributed by atoms with E-state index in [1.165, 1.54) is 36.8 Å². The van der Waals surface area contributed by atoms with Crippen molar-refractivity contribution in [3.63, 3.8) is 0 Å². The third kappa shape index (κ3) is 12.7. The molecule has 0 saturated carbocycles. The van der Waals surface area contributed by atoms with Crippen LogP contribution in [0.5, 0.6) is 0 Å². The van der Waals surface area contributed by atoms with E-state index in [1.54, 1.807) is 36.4 Å². The first-order valence-electron chi connectivity index (χ1n) is 7.49. The molecule has 155 valence electrons. The molecule has 2 N–H and O–H groups in total. The summed E-state index contributed by atoms with van der Waals surface area (Å²) >= 11 is 0. The van der Waals surface area contributed by atoms with Gasteiger partial charge in [-0.2, -0.15) is 0 Å². The van der Waals surface area contributed by atoms with E-state index in [4.69, 9.17) is 10.5 Å². The van der Waals surface area contributed by atoms with Crippen LogP contribution in [0.4, 0.5) is 0 Å². The Labute approximate surface area is 181 Å². The standard InChI is InChI=1S/3C6H5NO2.Cr.H2O2/c3*8-6(9)5-3-1-2-4-7-5;;1-2/h3*1-4H,(H,8,9);;1-2H/q;;;+3;/p-3. The largest absolute Gasteiger partial charge is 3.00 e. The van der Waals surface area contributed by atoms with Crippen molar-refractivity contribution in [2.24, 2.45) is 0 Å². The van der Waals surface area contributed by atoms with Crippen LogP contribution in [0.1, 0.15) is 31.5 Å². The predicted octanol–water partition coefficient (Wildman–Crippen LogP) is -1.65. The van der Waals surface area contributed by atoms with Gasteiger partial charge in [-0.05, 0) is 36.4 Å². The van der Waals surface area contributed by atoms with E-state index in [-0.39, 0.29) is 34.4 Å². The van der Waals surface area contributed by atoms with Crippen LogP contribution < -0.4 is 15.3 Å². The molecule has 12 heteroatoms. The zero-order chi connectivity index (χ0) is 22.1. The van der Waals surface area contributed by atoms with Crippen LogP contribution in [-0.4, -0.2) is 43.4 Å². The van der Waals surface area contributed by atoms with E-state index in [9.17, 15) is 29.7 Å². The molecule has 0 aliphatic carbocycles. The molecule has 0 atom stereocenters. The molecule has 0 fully saturated rings. The first-order valence-corrected chi connectivity index (χ1v) is 7.49. The molecule has 0 aliphatic heterocycles. The minimum atomic E-state index is -1.24. The first-order chi connectivity index (χ1) is 13.9. The molecule has 0 saturated heterocycles. The third-order valence-electron chi connectivity index (χ3n) is 2.62. The normalized spacial score (nSPS) is 8.20. The molecule has 0 spiro atoms. The fourth-order valence-electron chi connectivity index (χ4n) is 1.45. The Balaban J connectivity index is 0. The topological polar surface area (TPSA) is 200 Å². The van der Waals surface area contributed by atoms with Gasteiger partial charge in [0.15, 0.2) is 0 Å². The van der Waals surface area contributed by atoms with Gasteiger partial charge in [-0.25, -0.2) is 0 Å². The van der Waals surface area contributed by atoms with Crippen molar-refractivity contribution in [3.8, 4) is 0 Å². The first kappa shape index (κ1) is 28.5. The molecule has 3 heterocycles. The number of nitrogens with zero attached hydrogens (tertiary/aromatic N) is 3. The van der Waals surface area contributed by atoms with Crippen molar-refractivity contribution in [2.75, 3.05) is 0 Å². The minimum Gasteiger partial charge on any atom is -0.543 e. The molecule has 0 amide bonds. The summed E-state index contributed by atoms with van der Waals surface area (Å²) in [7, 11) is 0. The van der Waals surface area contributed by atoms with Crippen LogP contribution in [0.2, 0.25) is 0 Å². The Kier molecular flexibility index (Phi) is 16.6. The monoisotopic (exact) mass is 452 g/mol. The third-order valence-corrected chi connectivity index (χ3v) is 2.62. The molecule has 30 heavy (non-hydrogen) atoms. The molecule has 0 aromatic carbocycles. The zero-order valence-corrected chi connectivity index (χ0v) is 16.3. The molecule has 11 nitrogen and oxygen atoms in total. The van der Waals surface area contributed by atoms with Crippen molar-refractivity contribution < 1.29 is 57.6 Å². The number of aromatic nitrogens is 3. The molecule has 0 unspecified atom stereocenters. The van der Waals surface area contributed by atoms with Gasteiger partial charge in [0.1, 0.15) is 0 Å². The Bertz CT molecular complexity index is 751. The van der Waals surface area contributed by atoms with Gasteiger partial charge in [0.05, 0.1) is 35.0 Å². The summed E-state index contributed by atoms with van der Waals surface area (Å²) in [6, 6.07) is 13.9. The van der Waals surface area contributed by atoms with E-state index >= 15 is 0 Å². The van der Waals surface area contributed by atoms with Gasteiger partial charge in [0.25, 0.3) is 0 Å². The molecule has 3 rings (SSSR count). The summed E-state index contributed by atoms with van der Waals surface area (Å²) < 4.78 is 0. The Morgan fingerprint density at radius 1 is 0.567 bits per heavy atom. The maximum atomic E-state index is 10.0. The summed E-state index contributed by atoms with van der Waals surface area (Å²) in [5.74, 6) is -3.72. The van der Waals surface area contributed by atoms with Crippen molar-refractivity contribution >= 4 is 17.9 Å². The molecular formula is C18H14CrN3O8. The minimum absolute atomic E-state index is 0. The van der Waals surface area contributed by atoms with Crippen LogP contribution in [0.3, 0.4) is 0 Å². The summed E-state index contributed by atoms with van der Waals surface area (Å²) in [6.45, 7) is 0. The number of pyridine rings is 3. The Morgan fingerprint density at radius 2 is 0.800 bits per heavy atom. The van der Waals surface area contributed by atoms with Gasteiger partial charge in [0.2, 0.25) is 0 Å². The van der Waals surface area contributed by atoms with Crippen LogP contribution in [0, 0.1) is 0 Å². The number of hydrogen-bond donors (Lipinski definition) is 2. The van der Waals surface area contributed by atoms with Crippen molar-refractivity contribution in [3.05, 3.63) is 90.3 Å². The van der Waals surface area contributed by atoms with Gasteiger partial charge in [-0.1, -0.05) is 18.2 Å². The zero-order valence-electron chi connectivity index (χ0n) is 15.0. The molecule has 3 aromatic heterocycles. The van der Waals surface area contributed by atoms with Crippen LogP contribution in [0.25, 0.3) is 0 Å². The second kappa shape index (κ2) is 17.4. The SMILES string of the molecule is O=C([O-])c1ccccn1.O=C([O-])c1ccccn1.O=C([O-])c1ccccn1.OO.[Cr+3]. The predicted molar refractivity (Wildman–Crippen MR) is 91.0 cm³/mol. The van der Waals surface area contributed by atoms with E-state index in [0.29, 0.717) is 0 Å². The Hall–Kier alpha value is -3.69. The molecule has 0 aliphatic rings. The number of hydrogen-bond acceptors (Lipinski definition) is 11. The molecule has 1 radical (unpaired) electrons. The van der Waals surface area contributed by atoms with Gasteiger partial charge in [0, 0.05) is 18.6 Å². The second-order valence-electron chi connectivity index (χ2n) is 4.51. The van der Waals surface area contributed by atoms with Crippen LogP contribution in [-0.2, 0) is 17.4 Å². The van der Waals surface area contributed by atoms with Gasteiger partial charge >= 0.3 is 17.4 Å². The molecule has 0 bridgehead atoms. The summed E-state index contributed by atoms with van der Waals surface area (Å²) in [4.78, 5) is 40.6. The number of rotatable bonds is 3. The molecule has 3 aromatic rings. The average molecular weight is 452 g/mol. The number of aromatic carboxylic acids is 3. The maximum absolute atomic E-state index is 10.0. The van der Waals surface area contributed by atoms with E-state index in [1.807, 2.05) is 0 Å². The van der Waals surface area contributed by atoms with E-state index in [2.05, 4.69) is 15.0 Å². The average Bonchev–Trinajstić information content (AvgIpc) is 2.78. The van der Waals surface area contributed by atoms with Gasteiger partial charge in [-0.15, -0.1) is 0 Å². The van der Waals surface area contributed by atoms with Crippen molar-refractivity contribution in [2.45, 2.75) is 0 Å². The van der Waals surface area contributed by atoms with Crippen LogP contribution in [0.15, 0.2) is 73.2 Å².